The Kier molecular flexibility index (Phi) is 7.67. The molecule has 0 aliphatic carbocycles. The molecule has 0 aliphatic rings. The quantitative estimate of drug-likeness (QED) is 0.471. The second-order valence-electron chi connectivity index (χ2n) is 5.90. The van der Waals surface area contributed by atoms with E-state index in [1.165, 1.54) is 0 Å². The topological polar surface area (TPSA) is 50.4 Å². The minimum Gasteiger partial charge on any atom is -0.466 e. The third-order valence-electron chi connectivity index (χ3n) is 3.36. The van der Waals surface area contributed by atoms with Gasteiger partial charge in [-0.2, -0.15) is 0 Å². The minimum atomic E-state index is -0.146. The number of ether oxygens (including phenoxy) is 1. The molecule has 0 fully saturated rings. The first-order valence-electron chi connectivity index (χ1n) is 8.59. The Balaban J connectivity index is 2.09. The molecule has 5 heteroatoms. The highest BCUT2D eigenvalue weighted by Crippen LogP contribution is 2.32. The van der Waals surface area contributed by atoms with Crippen molar-refractivity contribution in [3.63, 3.8) is 0 Å². The molecule has 2 rings (SSSR count). The van der Waals surface area contributed by atoms with Crippen LogP contribution in [0, 0.1) is 0 Å². The van der Waals surface area contributed by atoms with Crippen molar-refractivity contribution in [2.45, 2.75) is 38.1 Å². The van der Waals surface area contributed by atoms with Gasteiger partial charge in [-0.3, -0.25) is 4.79 Å². The van der Waals surface area contributed by atoms with E-state index >= 15 is 0 Å². The molecule has 0 aromatic heterocycles. The number of carbonyl (C=O) groups is 1. The summed E-state index contributed by atoms with van der Waals surface area (Å²) in [6.07, 6.45) is 0.413. The average molecular weight is 359 g/mol. The van der Waals surface area contributed by atoms with E-state index in [4.69, 9.17) is 4.74 Å². The highest BCUT2D eigenvalue weighted by molar-refractivity contribution is 7.99. The lowest BCUT2D eigenvalue weighted by atomic mass is 10.2. The van der Waals surface area contributed by atoms with Gasteiger partial charge in [0.2, 0.25) is 0 Å². The Labute approximate surface area is 154 Å². The van der Waals surface area contributed by atoms with Gasteiger partial charge in [0.05, 0.1) is 13.0 Å². The normalized spacial score (nSPS) is 10.6. The molecule has 0 saturated carbocycles. The fourth-order valence-corrected chi connectivity index (χ4v) is 3.30. The van der Waals surface area contributed by atoms with E-state index < -0.39 is 0 Å². The standard InChI is InChI=1S/C20H26N2O2S/c1-4-24-20(23)12-13-25-19-14-17(10-11-18(19)21-15(2)3)22-16-8-6-5-7-9-16/h5-11,14-15,21-22H,4,12-13H2,1-3H3. The number of carbonyl (C=O) groups excluding carboxylic acids is 1. The summed E-state index contributed by atoms with van der Waals surface area (Å²) >= 11 is 1.66. The number of anilines is 3. The zero-order chi connectivity index (χ0) is 18.1. The van der Waals surface area contributed by atoms with Crippen molar-refractivity contribution < 1.29 is 9.53 Å². The molecule has 0 saturated heterocycles. The minimum absolute atomic E-state index is 0.146. The van der Waals surface area contributed by atoms with Crippen LogP contribution in [0.15, 0.2) is 53.4 Å². The Hall–Kier alpha value is -2.14. The van der Waals surface area contributed by atoms with Crippen molar-refractivity contribution in [3.05, 3.63) is 48.5 Å². The van der Waals surface area contributed by atoms with Crippen LogP contribution in [0.3, 0.4) is 0 Å². The lowest BCUT2D eigenvalue weighted by Gasteiger charge is -2.16. The average Bonchev–Trinajstić information content (AvgIpc) is 2.58. The summed E-state index contributed by atoms with van der Waals surface area (Å²) in [5.41, 5.74) is 3.16. The molecule has 0 spiro atoms. The number of rotatable bonds is 9. The first kappa shape index (κ1) is 19.2. The van der Waals surface area contributed by atoms with Crippen molar-refractivity contribution in [3.8, 4) is 0 Å². The molecular formula is C20H26N2O2S. The number of benzene rings is 2. The summed E-state index contributed by atoms with van der Waals surface area (Å²) in [5, 5.41) is 6.87. The van der Waals surface area contributed by atoms with Crippen LogP contribution in [0.1, 0.15) is 27.2 Å². The van der Waals surface area contributed by atoms with Gasteiger partial charge < -0.3 is 15.4 Å². The van der Waals surface area contributed by atoms with Gasteiger partial charge in [0.1, 0.15) is 0 Å². The maximum atomic E-state index is 11.5. The molecule has 0 unspecified atom stereocenters. The SMILES string of the molecule is CCOC(=O)CCSc1cc(Nc2ccccc2)ccc1NC(C)C. The number of esters is 1. The number of para-hydroxylation sites is 1. The number of hydrogen-bond acceptors (Lipinski definition) is 5. The van der Waals surface area contributed by atoms with Crippen LogP contribution in [0.2, 0.25) is 0 Å². The van der Waals surface area contributed by atoms with E-state index in [9.17, 15) is 4.79 Å². The Morgan fingerprint density at radius 3 is 2.56 bits per heavy atom. The predicted octanol–water partition coefficient (Wildman–Crippen LogP) is 5.30. The van der Waals surface area contributed by atoms with E-state index in [1.54, 1.807) is 11.8 Å². The molecule has 0 bridgehead atoms. The van der Waals surface area contributed by atoms with Crippen LogP contribution >= 0.6 is 11.8 Å². The van der Waals surface area contributed by atoms with E-state index in [2.05, 4.69) is 42.7 Å². The van der Waals surface area contributed by atoms with Crippen molar-refractivity contribution in [1.29, 1.82) is 0 Å². The second kappa shape index (κ2) is 9.99. The van der Waals surface area contributed by atoms with Crippen molar-refractivity contribution >= 4 is 34.8 Å². The summed E-state index contributed by atoms with van der Waals surface area (Å²) < 4.78 is 5.00. The van der Waals surface area contributed by atoms with Crippen LogP contribution in [-0.2, 0) is 9.53 Å². The van der Waals surface area contributed by atoms with Gasteiger partial charge in [-0.1, -0.05) is 18.2 Å². The molecule has 0 atom stereocenters. The summed E-state index contributed by atoms with van der Waals surface area (Å²) in [4.78, 5) is 12.7. The number of nitrogens with one attached hydrogen (secondary N) is 2. The summed E-state index contributed by atoms with van der Waals surface area (Å²) in [5.74, 6) is 0.548. The van der Waals surface area contributed by atoms with Crippen LogP contribution in [-0.4, -0.2) is 24.4 Å². The number of hydrogen-bond donors (Lipinski definition) is 2. The molecule has 25 heavy (non-hydrogen) atoms. The van der Waals surface area contributed by atoms with Crippen molar-refractivity contribution in [2.24, 2.45) is 0 Å². The van der Waals surface area contributed by atoms with Gasteiger partial charge >= 0.3 is 5.97 Å². The summed E-state index contributed by atoms with van der Waals surface area (Å²) in [6, 6.07) is 16.7. The molecule has 134 valence electrons. The number of thioether (sulfide) groups is 1. The van der Waals surface area contributed by atoms with E-state index in [0.29, 0.717) is 24.8 Å². The highest BCUT2D eigenvalue weighted by atomic mass is 32.2. The van der Waals surface area contributed by atoms with Crippen molar-refractivity contribution in [2.75, 3.05) is 23.0 Å². The lowest BCUT2D eigenvalue weighted by Crippen LogP contribution is -2.11. The smallest absolute Gasteiger partial charge is 0.306 e. The molecule has 2 aromatic carbocycles. The van der Waals surface area contributed by atoms with E-state index in [1.807, 2.05) is 37.3 Å². The molecule has 2 aromatic rings. The zero-order valence-electron chi connectivity index (χ0n) is 15.0. The van der Waals surface area contributed by atoms with E-state index in [-0.39, 0.29) is 5.97 Å². The maximum Gasteiger partial charge on any atom is 0.306 e. The van der Waals surface area contributed by atoms with Gasteiger partial charge in [-0.25, -0.2) is 0 Å². The van der Waals surface area contributed by atoms with Crippen LogP contribution in [0.5, 0.6) is 0 Å². The largest absolute Gasteiger partial charge is 0.466 e. The van der Waals surface area contributed by atoms with Gasteiger partial charge in [0.15, 0.2) is 0 Å². The summed E-state index contributed by atoms with van der Waals surface area (Å²) in [7, 11) is 0. The van der Waals surface area contributed by atoms with Gasteiger partial charge in [-0.15, -0.1) is 11.8 Å². The fraction of sp³-hybridized carbons (Fsp3) is 0.350. The predicted molar refractivity (Wildman–Crippen MR) is 107 cm³/mol. The third-order valence-corrected chi connectivity index (χ3v) is 4.41. The molecule has 0 aliphatic heterocycles. The first-order chi connectivity index (χ1) is 12.1. The Bertz CT molecular complexity index is 675. The maximum absolute atomic E-state index is 11.5. The molecular weight excluding hydrogens is 332 g/mol. The van der Waals surface area contributed by atoms with Gasteiger partial charge in [0.25, 0.3) is 0 Å². The fourth-order valence-electron chi connectivity index (χ4n) is 2.32. The molecule has 0 heterocycles. The Morgan fingerprint density at radius 1 is 1.12 bits per heavy atom. The monoisotopic (exact) mass is 358 g/mol. The first-order valence-corrected chi connectivity index (χ1v) is 9.58. The van der Waals surface area contributed by atoms with Crippen molar-refractivity contribution in [1.82, 2.24) is 0 Å². The van der Waals surface area contributed by atoms with Crippen LogP contribution in [0.4, 0.5) is 17.1 Å². The van der Waals surface area contributed by atoms with Gasteiger partial charge in [-0.05, 0) is 51.1 Å². The zero-order valence-corrected chi connectivity index (χ0v) is 15.9. The molecule has 0 amide bonds. The van der Waals surface area contributed by atoms with Crippen LogP contribution in [0.25, 0.3) is 0 Å². The molecule has 4 nitrogen and oxygen atoms in total. The lowest BCUT2D eigenvalue weighted by molar-refractivity contribution is -0.142. The third kappa shape index (κ3) is 6.70. The van der Waals surface area contributed by atoms with Gasteiger partial charge in [0, 0.05) is 33.8 Å². The van der Waals surface area contributed by atoms with E-state index in [0.717, 1.165) is 22.0 Å². The van der Waals surface area contributed by atoms with Crippen LogP contribution < -0.4 is 10.6 Å². The molecule has 2 N–H and O–H groups in total. The molecule has 0 radical (unpaired) electrons. The Morgan fingerprint density at radius 2 is 1.88 bits per heavy atom. The summed E-state index contributed by atoms with van der Waals surface area (Å²) in [6.45, 7) is 6.49. The highest BCUT2D eigenvalue weighted by Gasteiger charge is 2.09. The second-order valence-corrected chi connectivity index (χ2v) is 7.04.